The fourth-order valence-electron chi connectivity index (χ4n) is 24.7. The van der Waals surface area contributed by atoms with Crippen molar-refractivity contribution >= 4 is 61.8 Å². The molecule has 8 unspecified atom stereocenters. The minimum Gasteiger partial charge on any atom is -0.743 e. The van der Waals surface area contributed by atoms with Crippen LogP contribution in [0.3, 0.4) is 0 Å². The van der Waals surface area contributed by atoms with Crippen LogP contribution in [0.25, 0.3) is 0 Å². The van der Waals surface area contributed by atoms with Crippen LogP contribution in [0.15, 0.2) is 272 Å². The Morgan fingerprint density at radius 1 is 0.496 bits per heavy atom. The first kappa shape index (κ1) is 92.9. The van der Waals surface area contributed by atoms with Crippen molar-refractivity contribution in [3.05, 3.63) is 309 Å². The van der Waals surface area contributed by atoms with Crippen LogP contribution in [0, 0.1) is 86.9 Å². The Balaban J connectivity index is 0.000000120. The number of rotatable bonds is 25. The summed E-state index contributed by atoms with van der Waals surface area (Å²) in [4.78, 5) is 73.3. The molecule has 8 atom stereocenters. The number of halogens is 4. The summed E-state index contributed by atoms with van der Waals surface area (Å²) >= 11 is 0. The highest BCUT2D eigenvalue weighted by Crippen LogP contribution is 2.64. The highest BCUT2D eigenvalue weighted by Gasteiger charge is 2.65. The molecule has 10 aromatic carbocycles. The maximum atomic E-state index is 14.1. The average Bonchev–Trinajstić information content (AvgIpc) is 1.58. The third kappa shape index (κ3) is 18.8. The molecule has 1 aliphatic heterocycles. The number of carbonyl (C=O) groups is 5. The zero-order valence-electron chi connectivity index (χ0n) is 76.1. The van der Waals surface area contributed by atoms with Gasteiger partial charge in [0.25, 0.3) is 0 Å². The molecule has 24 rings (SSSR count). The van der Waals surface area contributed by atoms with E-state index in [1.165, 1.54) is 61.5 Å². The van der Waals surface area contributed by atoms with Crippen LogP contribution < -0.4 is 9.47 Å². The normalized spacial score (nSPS) is 26.2. The van der Waals surface area contributed by atoms with Gasteiger partial charge in [0.2, 0.25) is 5.92 Å². The first-order chi connectivity index (χ1) is 63.9. The molecule has 694 valence electrons. The lowest BCUT2D eigenvalue weighted by Gasteiger charge is -2.59. The van der Waals surface area contributed by atoms with Gasteiger partial charge in [0.15, 0.2) is 52.7 Å². The Bertz CT molecular complexity index is 5820. The Kier molecular flexibility index (Phi) is 26.8. The molecule has 15 nitrogen and oxygen atoms in total. The summed E-state index contributed by atoms with van der Waals surface area (Å²) < 4.78 is 129. The number of alkyl halides is 4. The standard InChI is InChI=1S/C33H37O3S.C31H30F2O6.C29H33O3S.C18H16F2O3S/c1-22-14-30(37(28-10-6-4-7-11-28)29-12-8-5-9-13-29)15-23(2)32(22)35-21-31(34)36-33(3)26-17-24-16-25(19-26)20-27(33)18-24;1-31(32,33)11-6-12-37-29(35)24-22-16-7-2-4-9-18(16)23(19-10-5-3-8-17(19)22)25(24)30(36)38-26-15-13-20-21(14-15)28(34)39-27(20)26;1-4-29(17-11-12-18-29)32-27(30)21-31-28-22(2)19-26(20-23(28)3)33(24-13-7-5-8-14-24)25-15-9-6-10-16-25;19-18(20,24(21,22)23)10-11-9-16-12-5-1-3-7-14(12)17(11)15-8-4-2-6-13(15)16/h4-15,24-27H,16-21H2,1-3H3;2-5,7-10,15,20-27H,6,11-14H2,1H3;5-10,13-16,19-20H,4,11-12,17-18,21H2,1-3H3;1-8,11,16-17H,9-10H2,(H,21,22,23)/q+1;;+1;/p-1. The lowest BCUT2D eigenvalue weighted by molar-refractivity contribution is -0.204. The maximum absolute atomic E-state index is 14.1. The number of benzene rings is 10. The van der Waals surface area contributed by atoms with Gasteiger partial charge in [-0.3, -0.25) is 14.4 Å². The molecule has 7 saturated carbocycles. The predicted molar refractivity (Wildman–Crippen MR) is 500 cm³/mol. The van der Waals surface area contributed by atoms with Gasteiger partial charge in [0.05, 0.1) is 46.2 Å². The smallest absolute Gasteiger partial charge is 0.344 e. The Morgan fingerprint density at radius 2 is 0.887 bits per heavy atom. The Hall–Kier alpha value is -10.5. The van der Waals surface area contributed by atoms with Crippen molar-refractivity contribution in [1.82, 2.24) is 0 Å². The number of fused-ring (bicyclic) bond motifs is 3. The molecule has 14 aliphatic rings. The van der Waals surface area contributed by atoms with Crippen molar-refractivity contribution in [3.8, 4) is 11.5 Å². The summed E-state index contributed by atoms with van der Waals surface area (Å²) in [6.45, 7) is 13.2. The molecule has 10 aromatic rings. The first-order valence-corrected chi connectivity index (χ1v) is 51.0. The van der Waals surface area contributed by atoms with Crippen LogP contribution in [0.2, 0.25) is 0 Å². The second kappa shape index (κ2) is 38.3. The first-order valence-electron chi connectivity index (χ1n) is 47.2. The molecule has 13 aliphatic carbocycles. The van der Waals surface area contributed by atoms with Crippen LogP contribution in [-0.4, -0.2) is 97.2 Å². The zero-order valence-corrected chi connectivity index (χ0v) is 78.6. The van der Waals surface area contributed by atoms with Crippen LogP contribution in [0.5, 0.6) is 11.5 Å². The fraction of sp³-hybridized carbons (Fsp3) is 0.414. The summed E-state index contributed by atoms with van der Waals surface area (Å²) in [5, 5.41) is -4.24. The largest absolute Gasteiger partial charge is 0.743 e. The summed E-state index contributed by atoms with van der Waals surface area (Å²) in [7, 11) is -6.09. The van der Waals surface area contributed by atoms with Gasteiger partial charge in [-0.1, -0.05) is 177 Å². The van der Waals surface area contributed by atoms with Gasteiger partial charge in [0, 0.05) is 72.6 Å². The van der Waals surface area contributed by atoms with E-state index in [9.17, 15) is 54.5 Å². The van der Waals surface area contributed by atoms with Crippen molar-refractivity contribution < 1.29 is 87.7 Å². The van der Waals surface area contributed by atoms with E-state index >= 15 is 0 Å². The molecule has 0 amide bonds. The number of esters is 5. The minimum atomic E-state index is -5.66. The highest BCUT2D eigenvalue weighted by molar-refractivity contribution is 7.97. The Morgan fingerprint density at radius 3 is 1.29 bits per heavy atom. The molecule has 0 radical (unpaired) electrons. The van der Waals surface area contributed by atoms with Gasteiger partial charge in [-0.25, -0.2) is 26.8 Å². The van der Waals surface area contributed by atoms with E-state index < -0.39 is 81.5 Å². The molecule has 10 bridgehead atoms. The van der Waals surface area contributed by atoms with E-state index in [0.29, 0.717) is 24.7 Å². The Labute approximate surface area is 783 Å². The summed E-state index contributed by atoms with van der Waals surface area (Å²) in [5.41, 5.74) is 11.7. The molecule has 1 heterocycles. The third-order valence-electron chi connectivity index (χ3n) is 30.4. The molecule has 0 aromatic heterocycles. The number of ether oxygens (including phenoxy) is 7. The topological polar surface area (TPSA) is 207 Å². The van der Waals surface area contributed by atoms with Crippen molar-refractivity contribution in [2.75, 3.05) is 19.8 Å². The van der Waals surface area contributed by atoms with Gasteiger partial charge in [-0.15, -0.1) is 0 Å². The lowest BCUT2D eigenvalue weighted by Crippen LogP contribution is -2.58. The quantitative estimate of drug-likeness (QED) is 0.0130. The molecular weight excluding hydrogens is 1750 g/mol. The molecule has 1 saturated heterocycles. The summed E-state index contributed by atoms with van der Waals surface area (Å²) in [6, 6.07) is 82.4. The van der Waals surface area contributed by atoms with Gasteiger partial charge in [-0.05, 0) is 276 Å². The van der Waals surface area contributed by atoms with Crippen molar-refractivity contribution in [3.63, 3.8) is 0 Å². The van der Waals surface area contributed by atoms with Crippen LogP contribution in [0.1, 0.15) is 214 Å². The molecule has 8 fully saturated rings. The number of hydrogen-bond acceptors (Lipinski definition) is 15. The minimum absolute atomic E-state index is 0.0255. The average molecular weight is 1860 g/mol. The predicted octanol–water partition coefficient (Wildman–Crippen LogP) is 23.4. The van der Waals surface area contributed by atoms with Gasteiger partial charge in [-0.2, -0.15) is 8.78 Å². The van der Waals surface area contributed by atoms with Gasteiger partial charge >= 0.3 is 35.1 Å². The molecule has 0 spiro atoms. The van der Waals surface area contributed by atoms with E-state index in [1.54, 1.807) is 0 Å². The fourth-order valence-corrected chi connectivity index (χ4v) is 29.7. The summed E-state index contributed by atoms with van der Waals surface area (Å²) in [5.74, 6) is -3.67. The molecular formula is C111H115F4O15S3+. The monoisotopic (exact) mass is 1860 g/mol. The van der Waals surface area contributed by atoms with Gasteiger partial charge < -0.3 is 37.7 Å². The second-order valence-corrected chi connectivity index (χ2v) is 44.4. The van der Waals surface area contributed by atoms with E-state index in [4.69, 9.17) is 33.2 Å². The maximum Gasteiger partial charge on any atom is 0.344 e. The highest BCUT2D eigenvalue weighted by atomic mass is 32.2. The number of aryl methyl sites for hydroxylation is 4. The number of hydrogen-bond donors (Lipinski definition) is 0. The van der Waals surface area contributed by atoms with Crippen LogP contribution in [-0.2, 0) is 79.6 Å². The van der Waals surface area contributed by atoms with E-state index in [2.05, 4.69) is 187 Å². The van der Waals surface area contributed by atoms with Crippen LogP contribution in [0.4, 0.5) is 17.6 Å². The van der Waals surface area contributed by atoms with Crippen LogP contribution >= 0.6 is 0 Å². The third-order valence-corrected chi connectivity index (χ3v) is 35.7. The molecule has 0 N–H and O–H groups in total. The lowest BCUT2D eigenvalue weighted by atomic mass is 9.50. The molecule has 133 heavy (non-hydrogen) atoms. The SMILES string of the molecule is CC(F)(F)CCCOC(=O)C1C2c3ccccc3C(c3ccccc32)C1C(=O)OC1C2CC3C(=O)OC1C3C2.CCC1(OC(=O)COc2c(C)cc([S+](c3ccccc3)c3ccccc3)cc2C)CCCC1.Cc1cc([S+](c2ccccc2)c2ccccc2)cc(C)c1OCC(=O)OC1(C)C2CC3CC(C2)CC1C3.O=S(=O)([O-])C(F)(F)CC1CC2c3ccccc3C1c1ccccc12. The number of carbonyl (C=O) groups excluding carboxylic acids is 5. The zero-order chi connectivity index (χ0) is 93.0. The van der Waals surface area contributed by atoms with Crippen molar-refractivity contribution in [2.24, 2.45) is 59.2 Å². The van der Waals surface area contributed by atoms with E-state index in [-0.39, 0.29) is 113 Å². The molecule has 22 heteroatoms. The summed E-state index contributed by atoms with van der Waals surface area (Å²) in [6.07, 6.45) is 11.0. The van der Waals surface area contributed by atoms with Crippen molar-refractivity contribution in [2.45, 2.75) is 239 Å². The second-order valence-electron chi connectivity index (χ2n) is 38.9. The van der Waals surface area contributed by atoms with Crippen molar-refractivity contribution in [1.29, 1.82) is 0 Å². The van der Waals surface area contributed by atoms with E-state index in [0.717, 1.165) is 136 Å². The van der Waals surface area contributed by atoms with Gasteiger partial charge in [0.1, 0.15) is 34.9 Å². The van der Waals surface area contributed by atoms with E-state index in [1.807, 2.05) is 97.1 Å².